The summed E-state index contributed by atoms with van der Waals surface area (Å²) in [6.07, 6.45) is -0.434. The number of carboxylic acid groups (broad SMARTS) is 2. The van der Waals surface area contributed by atoms with E-state index < -0.39 is 24.3 Å². The van der Waals surface area contributed by atoms with E-state index in [1.54, 1.807) is 19.1 Å². The molecule has 0 amide bonds. The summed E-state index contributed by atoms with van der Waals surface area (Å²) >= 11 is 5.81. The van der Waals surface area contributed by atoms with Crippen molar-refractivity contribution < 1.29 is 19.8 Å². The Bertz CT molecular complexity index is 428. The number of carbonyl (C=O) groups is 2. The lowest BCUT2D eigenvalue weighted by molar-refractivity contribution is -0.145. The first kappa shape index (κ1) is 12.5. The van der Waals surface area contributed by atoms with Crippen molar-refractivity contribution in [2.45, 2.75) is 19.3 Å². The van der Waals surface area contributed by atoms with E-state index >= 15 is 0 Å². The second-order valence-electron chi connectivity index (χ2n) is 3.50. The van der Waals surface area contributed by atoms with E-state index in [4.69, 9.17) is 21.8 Å². The van der Waals surface area contributed by atoms with Gasteiger partial charge in [-0.05, 0) is 24.1 Å². The van der Waals surface area contributed by atoms with Crippen LogP contribution in [0.4, 0.5) is 0 Å². The van der Waals surface area contributed by atoms with E-state index in [0.717, 1.165) is 5.56 Å². The van der Waals surface area contributed by atoms with Crippen LogP contribution in [0.15, 0.2) is 18.2 Å². The number of aliphatic carboxylic acids is 2. The number of rotatable bonds is 4. The summed E-state index contributed by atoms with van der Waals surface area (Å²) in [5.41, 5.74) is 1.19. The van der Waals surface area contributed by atoms with Crippen LogP contribution in [0.5, 0.6) is 0 Å². The van der Waals surface area contributed by atoms with Gasteiger partial charge in [0.2, 0.25) is 0 Å². The number of hydrogen-bond donors (Lipinski definition) is 2. The molecule has 0 aromatic heterocycles. The molecule has 4 nitrogen and oxygen atoms in total. The molecular weight excluding hydrogens is 232 g/mol. The summed E-state index contributed by atoms with van der Waals surface area (Å²) in [4.78, 5) is 21.5. The van der Waals surface area contributed by atoms with Gasteiger partial charge in [0.05, 0.1) is 12.3 Å². The zero-order chi connectivity index (χ0) is 12.3. The number of carboxylic acids is 2. The highest BCUT2D eigenvalue weighted by Gasteiger charge is 2.23. The SMILES string of the molecule is Cc1cc(C(CC(=O)O)C(=O)O)ccc1Cl. The summed E-state index contributed by atoms with van der Waals surface area (Å²) in [6, 6.07) is 4.71. The predicted octanol–water partition coefficient (Wildman–Crippen LogP) is 2.29. The highest BCUT2D eigenvalue weighted by Crippen LogP contribution is 2.24. The summed E-state index contributed by atoms with van der Waals surface area (Å²) < 4.78 is 0. The molecule has 1 aromatic carbocycles. The molecule has 0 aliphatic carbocycles. The lowest BCUT2D eigenvalue weighted by Crippen LogP contribution is -2.15. The number of halogens is 1. The molecule has 86 valence electrons. The summed E-state index contributed by atoms with van der Waals surface area (Å²) in [6.45, 7) is 1.74. The first-order valence-electron chi connectivity index (χ1n) is 4.62. The van der Waals surface area contributed by atoms with Gasteiger partial charge in [-0.15, -0.1) is 0 Å². The molecule has 1 aromatic rings. The Morgan fingerprint density at radius 2 is 2.00 bits per heavy atom. The van der Waals surface area contributed by atoms with Gasteiger partial charge >= 0.3 is 11.9 Å². The minimum atomic E-state index is -1.15. The van der Waals surface area contributed by atoms with Crippen LogP contribution in [0, 0.1) is 6.92 Å². The topological polar surface area (TPSA) is 74.6 Å². The van der Waals surface area contributed by atoms with Gasteiger partial charge in [0.15, 0.2) is 0 Å². The maximum Gasteiger partial charge on any atom is 0.311 e. The molecule has 0 saturated carbocycles. The molecule has 5 heteroatoms. The minimum absolute atomic E-state index is 0.434. The fourth-order valence-electron chi connectivity index (χ4n) is 1.41. The monoisotopic (exact) mass is 242 g/mol. The zero-order valence-electron chi connectivity index (χ0n) is 8.61. The largest absolute Gasteiger partial charge is 0.481 e. The van der Waals surface area contributed by atoms with Crippen molar-refractivity contribution in [2.75, 3.05) is 0 Å². The van der Waals surface area contributed by atoms with Crippen molar-refractivity contribution in [3.05, 3.63) is 34.3 Å². The van der Waals surface area contributed by atoms with Gasteiger partial charge in [-0.25, -0.2) is 0 Å². The average Bonchev–Trinajstić information content (AvgIpc) is 2.18. The van der Waals surface area contributed by atoms with Crippen LogP contribution >= 0.6 is 11.6 Å². The van der Waals surface area contributed by atoms with Crippen LogP contribution in [0.25, 0.3) is 0 Å². The highest BCUT2D eigenvalue weighted by molar-refractivity contribution is 6.31. The molecule has 1 atom stereocenters. The first-order chi connectivity index (χ1) is 7.41. The Kier molecular flexibility index (Phi) is 3.90. The summed E-state index contributed by atoms with van der Waals surface area (Å²) in [7, 11) is 0. The predicted molar refractivity (Wildman–Crippen MR) is 58.8 cm³/mol. The molecule has 1 unspecified atom stereocenters. The standard InChI is InChI=1S/C11H11ClO4/c1-6-4-7(2-3-9(6)12)8(11(15)16)5-10(13)14/h2-4,8H,5H2,1H3,(H,13,14)(H,15,16). The lowest BCUT2D eigenvalue weighted by Gasteiger charge is -2.11. The molecule has 0 aliphatic rings. The van der Waals surface area contributed by atoms with Gasteiger partial charge in [0.25, 0.3) is 0 Å². The molecule has 0 bridgehead atoms. The second-order valence-corrected chi connectivity index (χ2v) is 3.90. The third kappa shape index (κ3) is 2.97. The van der Waals surface area contributed by atoms with E-state index in [0.29, 0.717) is 10.6 Å². The van der Waals surface area contributed by atoms with Crippen molar-refractivity contribution in [2.24, 2.45) is 0 Å². The van der Waals surface area contributed by atoms with Gasteiger partial charge in [-0.1, -0.05) is 23.7 Å². The minimum Gasteiger partial charge on any atom is -0.481 e. The molecule has 0 fully saturated rings. The van der Waals surface area contributed by atoms with Gasteiger partial charge in [-0.2, -0.15) is 0 Å². The fourth-order valence-corrected chi connectivity index (χ4v) is 1.52. The number of aryl methyl sites for hydroxylation is 1. The van der Waals surface area contributed by atoms with Crippen LogP contribution in [0.2, 0.25) is 5.02 Å². The van der Waals surface area contributed by atoms with Crippen molar-refractivity contribution in [3.8, 4) is 0 Å². The molecular formula is C11H11ClO4. The van der Waals surface area contributed by atoms with Crippen molar-refractivity contribution in [1.82, 2.24) is 0 Å². The van der Waals surface area contributed by atoms with Crippen LogP contribution in [-0.2, 0) is 9.59 Å². The first-order valence-corrected chi connectivity index (χ1v) is 5.00. The Morgan fingerprint density at radius 1 is 1.38 bits per heavy atom. The molecule has 1 rings (SSSR count). The average molecular weight is 243 g/mol. The summed E-state index contributed by atoms with van der Waals surface area (Å²) in [5.74, 6) is -3.32. The van der Waals surface area contributed by atoms with E-state index in [2.05, 4.69) is 0 Å². The smallest absolute Gasteiger partial charge is 0.311 e. The van der Waals surface area contributed by atoms with Crippen LogP contribution in [0.1, 0.15) is 23.5 Å². The third-order valence-electron chi connectivity index (χ3n) is 2.26. The van der Waals surface area contributed by atoms with Crippen molar-refractivity contribution in [3.63, 3.8) is 0 Å². The van der Waals surface area contributed by atoms with E-state index in [1.165, 1.54) is 6.07 Å². The normalized spacial score (nSPS) is 12.1. The van der Waals surface area contributed by atoms with Gasteiger partial charge in [0.1, 0.15) is 0 Å². The Morgan fingerprint density at radius 3 is 2.44 bits per heavy atom. The molecule has 2 N–H and O–H groups in total. The number of hydrogen-bond acceptors (Lipinski definition) is 2. The van der Waals surface area contributed by atoms with Crippen molar-refractivity contribution in [1.29, 1.82) is 0 Å². The van der Waals surface area contributed by atoms with E-state index in [-0.39, 0.29) is 0 Å². The second kappa shape index (κ2) is 4.99. The Labute approximate surface area is 97.5 Å². The maximum absolute atomic E-state index is 10.9. The molecule has 0 radical (unpaired) electrons. The molecule has 0 aliphatic heterocycles. The van der Waals surface area contributed by atoms with Crippen molar-refractivity contribution >= 4 is 23.5 Å². The van der Waals surface area contributed by atoms with Gasteiger partial charge in [0, 0.05) is 5.02 Å². The lowest BCUT2D eigenvalue weighted by atomic mass is 9.94. The Balaban J connectivity index is 3.06. The van der Waals surface area contributed by atoms with E-state index in [9.17, 15) is 9.59 Å². The van der Waals surface area contributed by atoms with Crippen LogP contribution in [0.3, 0.4) is 0 Å². The van der Waals surface area contributed by atoms with Gasteiger partial charge in [-0.3, -0.25) is 9.59 Å². The van der Waals surface area contributed by atoms with Crippen LogP contribution < -0.4 is 0 Å². The van der Waals surface area contributed by atoms with Gasteiger partial charge < -0.3 is 10.2 Å². The Hall–Kier alpha value is -1.55. The molecule has 16 heavy (non-hydrogen) atoms. The fraction of sp³-hybridized carbons (Fsp3) is 0.273. The molecule has 0 spiro atoms. The quantitative estimate of drug-likeness (QED) is 0.850. The molecule has 0 heterocycles. The maximum atomic E-state index is 10.9. The number of benzene rings is 1. The van der Waals surface area contributed by atoms with E-state index in [1.807, 2.05) is 0 Å². The zero-order valence-corrected chi connectivity index (χ0v) is 9.36. The molecule has 0 saturated heterocycles. The summed E-state index contributed by atoms with van der Waals surface area (Å²) in [5, 5.41) is 18.1. The highest BCUT2D eigenvalue weighted by atomic mass is 35.5. The van der Waals surface area contributed by atoms with Crippen LogP contribution in [-0.4, -0.2) is 22.2 Å². The third-order valence-corrected chi connectivity index (χ3v) is 2.69.